The van der Waals surface area contributed by atoms with E-state index in [0.717, 1.165) is 29.7 Å². The highest BCUT2D eigenvalue weighted by Gasteiger charge is 2.22. The number of aryl methyl sites for hydroxylation is 1. The zero-order chi connectivity index (χ0) is 11.5. The Kier molecular flexibility index (Phi) is 3.41. The van der Waals surface area contributed by atoms with Gasteiger partial charge in [-0.3, -0.25) is 0 Å². The van der Waals surface area contributed by atoms with Crippen LogP contribution in [-0.2, 0) is 4.84 Å². The molecule has 0 saturated carbocycles. The normalized spacial score (nSPS) is 19.8. The van der Waals surface area contributed by atoms with Crippen molar-refractivity contribution in [3.8, 4) is 5.75 Å². The van der Waals surface area contributed by atoms with E-state index in [-0.39, 0.29) is 11.9 Å². The van der Waals surface area contributed by atoms with Crippen LogP contribution in [0.2, 0.25) is 0 Å². The van der Waals surface area contributed by atoms with Gasteiger partial charge in [0.05, 0.1) is 19.8 Å². The molecule has 1 aliphatic rings. The summed E-state index contributed by atoms with van der Waals surface area (Å²) in [5, 5.41) is 0. The molecule has 1 N–H and O–H groups in total. The maximum Gasteiger partial charge on any atom is 0.127 e. The van der Waals surface area contributed by atoms with Crippen LogP contribution in [0.25, 0.3) is 0 Å². The lowest BCUT2D eigenvalue weighted by molar-refractivity contribution is 0.0579. The fourth-order valence-corrected chi connectivity index (χ4v) is 2.09. The summed E-state index contributed by atoms with van der Waals surface area (Å²) in [5.41, 5.74) is 4.57. The fraction of sp³-hybridized carbons (Fsp3) is 0.500. The van der Waals surface area contributed by atoms with Gasteiger partial charge in [0.2, 0.25) is 0 Å². The van der Waals surface area contributed by atoms with Gasteiger partial charge in [0.25, 0.3) is 0 Å². The van der Waals surface area contributed by atoms with E-state index in [2.05, 4.69) is 5.48 Å². The van der Waals surface area contributed by atoms with Gasteiger partial charge in [0.1, 0.15) is 11.6 Å². The summed E-state index contributed by atoms with van der Waals surface area (Å²) < 4.78 is 19.0. The van der Waals surface area contributed by atoms with Crippen molar-refractivity contribution in [2.75, 3.05) is 13.7 Å². The maximum atomic E-state index is 13.4. The van der Waals surface area contributed by atoms with Crippen molar-refractivity contribution in [2.24, 2.45) is 0 Å². The standard InChI is InChI=1S/C12H16FNO2/c1-8-6-9(13)7-10-11(14-15-2)4-3-5-16-12(8)10/h6-7,11,14H,3-5H2,1-2H3. The van der Waals surface area contributed by atoms with Gasteiger partial charge < -0.3 is 9.57 Å². The smallest absolute Gasteiger partial charge is 0.127 e. The highest BCUT2D eigenvalue weighted by molar-refractivity contribution is 5.43. The van der Waals surface area contributed by atoms with Gasteiger partial charge in [-0.05, 0) is 37.5 Å². The molecule has 0 spiro atoms. The van der Waals surface area contributed by atoms with E-state index in [1.165, 1.54) is 12.1 Å². The molecule has 3 nitrogen and oxygen atoms in total. The summed E-state index contributed by atoms with van der Waals surface area (Å²) in [6.07, 6.45) is 1.81. The third-order valence-corrected chi connectivity index (χ3v) is 2.79. The van der Waals surface area contributed by atoms with Crippen LogP contribution in [0.3, 0.4) is 0 Å². The Balaban J connectivity index is 2.43. The molecule has 0 aliphatic carbocycles. The Morgan fingerprint density at radius 3 is 3.06 bits per heavy atom. The SMILES string of the molecule is CONC1CCCOc2c(C)cc(F)cc21. The first-order chi connectivity index (χ1) is 7.72. The summed E-state index contributed by atoms with van der Waals surface area (Å²) in [6, 6.07) is 3.01. The first kappa shape index (κ1) is 11.4. The number of rotatable bonds is 2. The number of ether oxygens (including phenoxy) is 1. The molecule has 1 atom stereocenters. The molecule has 0 saturated heterocycles. The molecule has 1 heterocycles. The van der Waals surface area contributed by atoms with Crippen molar-refractivity contribution in [3.05, 3.63) is 29.1 Å². The second kappa shape index (κ2) is 4.80. The fourth-order valence-electron chi connectivity index (χ4n) is 2.09. The molecule has 0 bridgehead atoms. The van der Waals surface area contributed by atoms with E-state index in [1.54, 1.807) is 7.11 Å². The molecule has 0 radical (unpaired) electrons. The van der Waals surface area contributed by atoms with Crippen molar-refractivity contribution in [1.82, 2.24) is 5.48 Å². The molecule has 2 rings (SSSR count). The van der Waals surface area contributed by atoms with Gasteiger partial charge in [0.15, 0.2) is 0 Å². The topological polar surface area (TPSA) is 30.5 Å². The highest BCUT2D eigenvalue weighted by atomic mass is 19.1. The molecular formula is C12H16FNO2. The van der Waals surface area contributed by atoms with Crippen LogP contribution in [0.15, 0.2) is 12.1 Å². The number of hydrogen-bond donors (Lipinski definition) is 1. The van der Waals surface area contributed by atoms with Crippen LogP contribution >= 0.6 is 0 Å². The van der Waals surface area contributed by atoms with Crippen molar-refractivity contribution in [1.29, 1.82) is 0 Å². The van der Waals surface area contributed by atoms with E-state index in [4.69, 9.17) is 9.57 Å². The predicted molar refractivity (Wildman–Crippen MR) is 58.8 cm³/mol. The summed E-state index contributed by atoms with van der Waals surface area (Å²) in [6.45, 7) is 2.53. The minimum atomic E-state index is -0.232. The number of hydrogen-bond acceptors (Lipinski definition) is 3. The summed E-state index contributed by atoms with van der Waals surface area (Å²) >= 11 is 0. The van der Waals surface area contributed by atoms with Crippen LogP contribution < -0.4 is 10.2 Å². The van der Waals surface area contributed by atoms with Crippen molar-refractivity contribution in [2.45, 2.75) is 25.8 Å². The van der Waals surface area contributed by atoms with Gasteiger partial charge in [-0.15, -0.1) is 0 Å². The first-order valence-electron chi connectivity index (χ1n) is 5.43. The van der Waals surface area contributed by atoms with Gasteiger partial charge in [-0.25, -0.2) is 4.39 Å². The van der Waals surface area contributed by atoms with Gasteiger partial charge in [-0.2, -0.15) is 5.48 Å². The van der Waals surface area contributed by atoms with E-state index < -0.39 is 0 Å². The quantitative estimate of drug-likeness (QED) is 0.784. The van der Waals surface area contributed by atoms with Crippen LogP contribution in [-0.4, -0.2) is 13.7 Å². The summed E-state index contributed by atoms with van der Waals surface area (Å²) in [5.74, 6) is 0.554. The molecule has 1 unspecified atom stereocenters. The lowest BCUT2D eigenvalue weighted by Crippen LogP contribution is -2.19. The number of nitrogens with one attached hydrogen (secondary N) is 1. The van der Waals surface area contributed by atoms with E-state index in [0.29, 0.717) is 6.61 Å². The Morgan fingerprint density at radius 1 is 1.50 bits per heavy atom. The van der Waals surface area contributed by atoms with Crippen molar-refractivity contribution < 1.29 is 14.0 Å². The summed E-state index contributed by atoms with van der Waals surface area (Å²) in [4.78, 5) is 4.95. The molecule has 1 aliphatic heterocycles. The Morgan fingerprint density at radius 2 is 2.31 bits per heavy atom. The minimum absolute atomic E-state index is 0.00287. The Bertz CT molecular complexity index is 382. The average Bonchev–Trinajstić information content (AvgIpc) is 2.42. The van der Waals surface area contributed by atoms with Crippen LogP contribution in [0.1, 0.15) is 30.0 Å². The zero-order valence-corrected chi connectivity index (χ0v) is 9.55. The minimum Gasteiger partial charge on any atom is -0.493 e. The largest absolute Gasteiger partial charge is 0.493 e. The third-order valence-electron chi connectivity index (χ3n) is 2.79. The monoisotopic (exact) mass is 225 g/mol. The molecule has 1 aromatic carbocycles. The zero-order valence-electron chi connectivity index (χ0n) is 9.55. The number of fused-ring (bicyclic) bond motifs is 1. The Hall–Kier alpha value is -1.13. The van der Waals surface area contributed by atoms with Gasteiger partial charge in [-0.1, -0.05) is 0 Å². The van der Waals surface area contributed by atoms with E-state index in [1.807, 2.05) is 6.92 Å². The van der Waals surface area contributed by atoms with Gasteiger partial charge in [0, 0.05) is 5.56 Å². The lowest BCUT2D eigenvalue weighted by Gasteiger charge is -2.18. The first-order valence-corrected chi connectivity index (χ1v) is 5.43. The van der Waals surface area contributed by atoms with Crippen LogP contribution in [0.5, 0.6) is 5.75 Å². The molecule has 1 aromatic rings. The lowest BCUT2D eigenvalue weighted by atomic mass is 10.0. The predicted octanol–water partition coefficient (Wildman–Crippen LogP) is 2.50. The highest BCUT2D eigenvalue weighted by Crippen LogP contribution is 2.34. The molecular weight excluding hydrogens is 209 g/mol. The molecule has 0 aromatic heterocycles. The van der Waals surface area contributed by atoms with E-state index in [9.17, 15) is 4.39 Å². The molecule has 16 heavy (non-hydrogen) atoms. The number of benzene rings is 1. The van der Waals surface area contributed by atoms with Crippen LogP contribution in [0.4, 0.5) is 4.39 Å². The molecule has 88 valence electrons. The summed E-state index contributed by atoms with van der Waals surface area (Å²) in [7, 11) is 1.57. The second-order valence-corrected chi connectivity index (χ2v) is 4.01. The number of hydroxylamine groups is 1. The molecule has 0 amide bonds. The van der Waals surface area contributed by atoms with Crippen molar-refractivity contribution in [3.63, 3.8) is 0 Å². The van der Waals surface area contributed by atoms with Crippen LogP contribution in [0, 0.1) is 12.7 Å². The van der Waals surface area contributed by atoms with Crippen molar-refractivity contribution >= 4 is 0 Å². The number of halogens is 1. The average molecular weight is 225 g/mol. The Labute approximate surface area is 94.5 Å². The van der Waals surface area contributed by atoms with E-state index >= 15 is 0 Å². The maximum absolute atomic E-state index is 13.4. The third kappa shape index (κ3) is 2.18. The van der Waals surface area contributed by atoms with Gasteiger partial charge >= 0.3 is 0 Å². The molecule has 4 heteroatoms. The second-order valence-electron chi connectivity index (χ2n) is 4.01. The molecule has 0 fully saturated rings.